The van der Waals surface area contributed by atoms with Crippen molar-refractivity contribution < 1.29 is 9.53 Å². The zero-order valence-corrected chi connectivity index (χ0v) is 13.6. The lowest BCUT2D eigenvalue weighted by atomic mass is 9.94. The molecule has 1 aliphatic rings. The van der Waals surface area contributed by atoms with Crippen LogP contribution in [-0.4, -0.2) is 34.0 Å². The Morgan fingerprint density at radius 2 is 2.27 bits per heavy atom. The Morgan fingerprint density at radius 3 is 3.00 bits per heavy atom. The number of amides is 1. The van der Waals surface area contributed by atoms with Gasteiger partial charge < -0.3 is 9.64 Å². The average Bonchev–Trinajstić information content (AvgIpc) is 3.00. The molecule has 3 rings (SSSR count). The highest BCUT2D eigenvalue weighted by Gasteiger charge is 2.30. The number of hydrogen-bond donors (Lipinski definition) is 0. The normalized spacial score (nSPS) is 18.3. The van der Waals surface area contributed by atoms with Crippen LogP contribution in [0.2, 0.25) is 0 Å². The molecular formula is C16H19N3O2S. The molecule has 0 aliphatic carbocycles. The van der Waals surface area contributed by atoms with Gasteiger partial charge in [-0.15, -0.1) is 5.10 Å². The minimum atomic E-state index is 0.0417. The van der Waals surface area contributed by atoms with E-state index in [1.165, 1.54) is 11.5 Å². The number of rotatable bonds is 3. The first kappa shape index (κ1) is 15.0. The number of aromatic nitrogens is 2. The summed E-state index contributed by atoms with van der Waals surface area (Å²) < 4.78 is 9.20. The first-order valence-electron chi connectivity index (χ1n) is 7.44. The number of carbonyl (C=O) groups excluding carboxylic acids is 1. The van der Waals surface area contributed by atoms with E-state index in [0.29, 0.717) is 10.6 Å². The van der Waals surface area contributed by atoms with Gasteiger partial charge in [-0.3, -0.25) is 4.79 Å². The number of methoxy groups -OCH3 is 1. The van der Waals surface area contributed by atoms with Crippen LogP contribution >= 0.6 is 11.5 Å². The molecule has 1 amide bonds. The number of hydrogen-bond acceptors (Lipinski definition) is 5. The number of ether oxygens (including phenoxy) is 1. The number of aryl methyl sites for hydroxylation is 1. The molecule has 22 heavy (non-hydrogen) atoms. The summed E-state index contributed by atoms with van der Waals surface area (Å²) in [6, 6.07) is 8.09. The van der Waals surface area contributed by atoms with E-state index < -0.39 is 0 Å². The zero-order valence-electron chi connectivity index (χ0n) is 12.8. The Kier molecular flexibility index (Phi) is 4.38. The third-order valence-electron chi connectivity index (χ3n) is 4.09. The molecule has 1 saturated heterocycles. The quantitative estimate of drug-likeness (QED) is 0.872. The molecule has 116 valence electrons. The van der Waals surface area contributed by atoms with Crippen LogP contribution < -0.4 is 4.74 Å². The van der Waals surface area contributed by atoms with Gasteiger partial charge in [-0.25, -0.2) is 0 Å². The molecule has 0 radical (unpaired) electrons. The van der Waals surface area contributed by atoms with Gasteiger partial charge in [0.25, 0.3) is 5.91 Å². The molecule has 1 aromatic heterocycles. The summed E-state index contributed by atoms with van der Waals surface area (Å²) in [6.07, 6.45) is 3.15. The summed E-state index contributed by atoms with van der Waals surface area (Å²) in [7, 11) is 1.66. The van der Waals surface area contributed by atoms with E-state index in [2.05, 4.69) is 15.7 Å². The third kappa shape index (κ3) is 2.83. The maximum atomic E-state index is 12.8. The van der Waals surface area contributed by atoms with Crippen molar-refractivity contribution in [3.05, 3.63) is 40.4 Å². The Labute approximate surface area is 134 Å². The second kappa shape index (κ2) is 6.44. The fraction of sp³-hybridized carbons (Fsp3) is 0.438. The molecule has 0 saturated carbocycles. The maximum absolute atomic E-state index is 12.8. The lowest BCUT2D eigenvalue weighted by Crippen LogP contribution is -2.38. The maximum Gasteiger partial charge on any atom is 0.268 e. The Balaban J connectivity index is 1.91. The molecule has 0 spiro atoms. The van der Waals surface area contributed by atoms with Gasteiger partial charge >= 0.3 is 0 Å². The summed E-state index contributed by atoms with van der Waals surface area (Å²) in [5.74, 6) is 0.867. The molecule has 0 bridgehead atoms. The fourth-order valence-electron chi connectivity index (χ4n) is 2.93. The standard InChI is InChI=1S/C16H19N3O2S/c1-11-15(22-18-17-11)16(20)19-9-4-3-8-14(19)12-6-5-7-13(10-12)21-2/h5-7,10,14H,3-4,8-9H2,1-2H3/t14-/m0/s1. The molecule has 0 N–H and O–H groups in total. The molecule has 0 unspecified atom stereocenters. The van der Waals surface area contributed by atoms with Crippen molar-refractivity contribution in [2.45, 2.75) is 32.2 Å². The number of benzene rings is 1. The topological polar surface area (TPSA) is 55.3 Å². The van der Waals surface area contributed by atoms with Crippen LogP contribution in [0.4, 0.5) is 0 Å². The van der Waals surface area contributed by atoms with E-state index in [4.69, 9.17) is 4.74 Å². The minimum absolute atomic E-state index is 0.0417. The minimum Gasteiger partial charge on any atom is -0.497 e. The summed E-state index contributed by atoms with van der Waals surface area (Å²) in [4.78, 5) is 15.5. The van der Waals surface area contributed by atoms with Gasteiger partial charge in [0.15, 0.2) is 0 Å². The van der Waals surface area contributed by atoms with E-state index in [0.717, 1.165) is 37.1 Å². The molecule has 1 atom stereocenters. The molecular weight excluding hydrogens is 298 g/mol. The van der Waals surface area contributed by atoms with Crippen LogP contribution in [0.15, 0.2) is 24.3 Å². The predicted molar refractivity (Wildman–Crippen MR) is 85.3 cm³/mol. The van der Waals surface area contributed by atoms with Crippen LogP contribution in [0.3, 0.4) is 0 Å². The predicted octanol–water partition coefficient (Wildman–Crippen LogP) is 3.22. The van der Waals surface area contributed by atoms with E-state index in [1.807, 2.05) is 30.0 Å². The number of nitrogens with zero attached hydrogens (tertiary/aromatic N) is 3. The molecule has 6 heteroatoms. The lowest BCUT2D eigenvalue weighted by molar-refractivity contribution is 0.0615. The largest absolute Gasteiger partial charge is 0.497 e. The van der Waals surface area contributed by atoms with Crippen molar-refractivity contribution in [2.24, 2.45) is 0 Å². The zero-order chi connectivity index (χ0) is 15.5. The van der Waals surface area contributed by atoms with E-state index in [1.54, 1.807) is 7.11 Å². The van der Waals surface area contributed by atoms with Gasteiger partial charge in [-0.1, -0.05) is 16.6 Å². The Bertz CT molecular complexity index is 671. The Hall–Kier alpha value is -1.95. The average molecular weight is 317 g/mol. The molecule has 2 heterocycles. The van der Waals surface area contributed by atoms with Crippen molar-refractivity contribution in [3.63, 3.8) is 0 Å². The highest BCUT2D eigenvalue weighted by molar-refractivity contribution is 7.07. The highest BCUT2D eigenvalue weighted by atomic mass is 32.1. The molecule has 1 aliphatic heterocycles. The van der Waals surface area contributed by atoms with E-state index >= 15 is 0 Å². The first-order valence-corrected chi connectivity index (χ1v) is 8.22. The Morgan fingerprint density at radius 1 is 1.41 bits per heavy atom. The SMILES string of the molecule is COc1cccc([C@@H]2CCCCN2C(=O)c2snnc2C)c1. The highest BCUT2D eigenvalue weighted by Crippen LogP contribution is 2.34. The van der Waals surface area contributed by atoms with Crippen molar-refractivity contribution in [3.8, 4) is 5.75 Å². The molecule has 1 aromatic carbocycles. The third-order valence-corrected chi connectivity index (χ3v) is 4.90. The molecule has 1 fully saturated rings. The summed E-state index contributed by atoms with van der Waals surface area (Å²) in [5.41, 5.74) is 1.84. The van der Waals surface area contributed by atoms with E-state index in [9.17, 15) is 4.79 Å². The van der Waals surface area contributed by atoms with Gasteiger partial charge in [-0.2, -0.15) is 0 Å². The van der Waals surface area contributed by atoms with Crippen LogP contribution in [0.1, 0.15) is 46.2 Å². The summed E-state index contributed by atoms with van der Waals surface area (Å²) in [5, 5.41) is 3.96. The van der Waals surface area contributed by atoms with Crippen molar-refractivity contribution >= 4 is 17.4 Å². The monoisotopic (exact) mass is 317 g/mol. The summed E-state index contributed by atoms with van der Waals surface area (Å²) >= 11 is 1.18. The first-order chi connectivity index (χ1) is 10.7. The second-order valence-electron chi connectivity index (χ2n) is 5.47. The molecule has 5 nitrogen and oxygen atoms in total. The van der Waals surface area contributed by atoms with Gasteiger partial charge in [0.2, 0.25) is 0 Å². The van der Waals surface area contributed by atoms with Crippen LogP contribution in [0.5, 0.6) is 5.75 Å². The van der Waals surface area contributed by atoms with Crippen molar-refractivity contribution in [1.82, 2.24) is 14.5 Å². The number of carbonyl (C=O) groups is 1. The van der Waals surface area contributed by atoms with Crippen molar-refractivity contribution in [1.29, 1.82) is 0 Å². The second-order valence-corrected chi connectivity index (χ2v) is 6.23. The molecule has 2 aromatic rings. The van der Waals surface area contributed by atoms with Gasteiger partial charge in [0.05, 0.1) is 18.8 Å². The van der Waals surface area contributed by atoms with E-state index in [-0.39, 0.29) is 11.9 Å². The lowest BCUT2D eigenvalue weighted by Gasteiger charge is -2.36. The fourth-order valence-corrected chi connectivity index (χ4v) is 3.54. The van der Waals surface area contributed by atoms with Crippen LogP contribution in [-0.2, 0) is 0 Å². The van der Waals surface area contributed by atoms with Gasteiger partial charge in [0, 0.05) is 6.54 Å². The summed E-state index contributed by atoms with van der Waals surface area (Å²) in [6.45, 7) is 2.61. The van der Waals surface area contributed by atoms with Gasteiger partial charge in [-0.05, 0) is 55.4 Å². The van der Waals surface area contributed by atoms with Crippen LogP contribution in [0.25, 0.3) is 0 Å². The van der Waals surface area contributed by atoms with Crippen LogP contribution in [0, 0.1) is 6.92 Å². The number of likely N-dealkylation sites (tertiary alicyclic amines) is 1. The van der Waals surface area contributed by atoms with Gasteiger partial charge in [0.1, 0.15) is 10.6 Å². The number of piperidine rings is 1. The smallest absolute Gasteiger partial charge is 0.268 e. The van der Waals surface area contributed by atoms with Crippen molar-refractivity contribution in [2.75, 3.05) is 13.7 Å².